The van der Waals surface area contributed by atoms with Gasteiger partial charge in [-0.3, -0.25) is 4.90 Å². The molecule has 0 spiro atoms. The van der Waals surface area contributed by atoms with Crippen LogP contribution >= 0.6 is 11.8 Å². The van der Waals surface area contributed by atoms with Crippen LogP contribution in [0.3, 0.4) is 0 Å². The van der Waals surface area contributed by atoms with Crippen molar-refractivity contribution in [2.45, 2.75) is 26.4 Å². The normalized spacial score (nSPS) is 22.2. The van der Waals surface area contributed by atoms with Crippen LogP contribution in [-0.4, -0.2) is 29.0 Å². The van der Waals surface area contributed by atoms with E-state index in [1.165, 1.54) is 29.2 Å². The van der Waals surface area contributed by atoms with Gasteiger partial charge in [0.05, 0.1) is 0 Å². The van der Waals surface area contributed by atoms with E-state index >= 15 is 0 Å². The van der Waals surface area contributed by atoms with Gasteiger partial charge in [0, 0.05) is 36.3 Å². The van der Waals surface area contributed by atoms with E-state index in [9.17, 15) is 0 Å². The number of benzene rings is 1. The number of thioether (sulfide) groups is 1. The Morgan fingerprint density at radius 1 is 1.50 bits per heavy atom. The van der Waals surface area contributed by atoms with Gasteiger partial charge in [0.1, 0.15) is 0 Å². The molecule has 0 aromatic heterocycles. The molecule has 1 aromatic rings. The van der Waals surface area contributed by atoms with Crippen molar-refractivity contribution in [3.05, 3.63) is 29.3 Å². The van der Waals surface area contributed by atoms with Crippen molar-refractivity contribution in [2.75, 3.05) is 23.8 Å². The monoisotopic (exact) mass is 236 g/mol. The van der Waals surface area contributed by atoms with Gasteiger partial charge in [-0.15, -0.1) is 0 Å². The van der Waals surface area contributed by atoms with Crippen LogP contribution < -0.4 is 5.73 Å². The molecule has 0 saturated carbocycles. The van der Waals surface area contributed by atoms with Crippen molar-refractivity contribution >= 4 is 17.4 Å². The highest BCUT2D eigenvalue weighted by Crippen LogP contribution is 2.20. The summed E-state index contributed by atoms with van der Waals surface area (Å²) in [5.41, 5.74) is 9.30. The van der Waals surface area contributed by atoms with Crippen molar-refractivity contribution < 1.29 is 0 Å². The maximum Gasteiger partial charge on any atom is 0.0343 e. The summed E-state index contributed by atoms with van der Waals surface area (Å²) in [5.74, 6) is 2.52. The molecule has 1 saturated heterocycles. The summed E-state index contributed by atoms with van der Waals surface area (Å²) >= 11 is 2.06. The zero-order valence-electron chi connectivity index (χ0n) is 10.1. The second kappa shape index (κ2) is 5.11. The predicted molar refractivity (Wildman–Crippen MR) is 72.8 cm³/mol. The topological polar surface area (TPSA) is 29.3 Å². The molecule has 88 valence electrons. The van der Waals surface area contributed by atoms with Gasteiger partial charge in [0.25, 0.3) is 0 Å². The van der Waals surface area contributed by atoms with Crippen molar-refractivity contribution in [1.82, 2.24) is 4.90 Å². The standard InChI is InChI=1S/C13H20N2S/c1-10-7-12(3-4-13(10)14)8-15-5-6-16-9-11(15)2/h3-4,7,11H,5-6,8-9,14H2,1-2H3. The summed E-state index contributed by atoms with van der Waals surface area (Å²) in [7, 11) is 0. The number of rotatable bonds is 2. The average molecular weight is 236 g/mol. The van der Waals surface area contributed by atoms with E-state index in [2.05, 4.69) is 42.6 Å². The van der Waals surface area contributed by atoms with Crippen LogP contribution in [0.15, 0.2) is 18.2 Å². The molecule has 1 fully saturated rings. The third-order valence-electron chi connectivity index (χ3n) is 3.23. The Hall–Kier alpha value is -0.670. The smallest absolute Gasteiger partial charge is 0.0343 e. The fourth-order valence-electron chi connectivity index (χ4n) is 2.07. The largest absolute Gasteiger partial charge is 0.399 e. The molecule has 2 N–H and O–H groups in total. The summed E-state index contributed by atoms with van der Waals surface area (Å²) in [4.78, 5) is 2.56. The lowest BCUT2D eigenvalue weighted by atomic mass is 10.1. The minimum Gasteiger partial charge on any atom is -0.399 e. The number of hydrogen-bond donors (Lipinski definition) is 1. The van der Waals surface area contributed by atoms with Crippen LogP contribution in [0.5, 0.6) is 0 Å². The second-order valence-electron chi connectivity index (χ2n) is 4.59. The lowest BCUT2D eigenvalue weighted by Gasteiger charge is -2.33. The van der Waals surface area contributed by atoms with Crippen molar-refractivity contribution in [3.8, 4) is 0 Å². The van der Waals surface area contributed by atoms with Gasteiger partial charge in [-0.25, -0.2) is 0 Å². The molecular formula is C13H20N2S. The summed E-state index contributed by atoms with van der Waals surface area (Å²) in [6.45, 7) is 6.66. The van der Waals surface area contributed by atoms with Crippen molar-refractivity contribution in [3.63, 3.8) is 0 Å². The van der Waals surface area contributed by atoms with Crippen LogP contribution in [0.25, 0.3) is 0 Å². The van der Waals surface area contributed by atoms with Crippen LogP contribution in [0.4, 0.5) is 5.69 Å². The fourth-order valence-corrected chi connectivity index (χ4v) is 3.15. The van der Waals surface area contributed by atoms with E-state index in [1.54, 1.807) is 0 Å². The van der Waals surface area contributed by atoms with Crippen LogP contribution in [0.2, 0.25) is 0 Å². The van der Waals surface area contributed by atoms with Gasteiger partial charge < -0.3 is 5.73 Å². The zero-order chi connectivity index (χ0) is 11.5. The Morgan fingerprint density at radius 2 is 2.31 bits per heavy atom. The number of aryl methyl sites for hydroxylation is 1. The summed E-state index contributed by atoms with van der Waals surface area (Å²) in [5, 5.41) is 0. The molecule has 2 nitrogen and oxygen atoms in total. The molecule has 16 heavy (non-hydrogen) atoms. The highest BCUT2D eigenvalue weighted by atomic mass is 32.2. The van der Waals surface area contributed by atoms with E-state index in [0.29, 0.717) is 6.04 Å². The Kier molecular flexibility index (Phi) is 3.77. The first-order valence-corrected chi connectivity index (χ1v) is 6.99. The van der Waals surface area contributed by atoms with Crippen LogP contribution in [0, 0.1) is 6.92 Å². The number of hydrogen-bond acceptors (Lipinski definition) is 3. The molecule has 0 aliphatic carbocycles. The van der Waals surface area contributed by atoms with E-state index in [4.69, 9.17) is 5.73 Å². The summed E-state index contributed by atoms with van der Waals surface area (Å²) in [6.07, 6.45) is 0. The third kappa shape index (κ3) is 2.71. The Labute approximate surface area is 102 Å². The molecule has 1 atom stereocenters. The zero-order valence-corrected chi connectivity index (χ0v) is 10.9. The quantitative estimate of drug-likeness (QED) is 0.800. The Morgan fingerprint density at radius 3 is 3.00 bits per heavy atom. The minimum atomic E-state index is 0.691. The molecule has 1 aromatic carbocycles. The Bertz CT molecular complexity index is 365. The molecule has 1 aliphatic rings. The van der Waals surface area contributed by atoms with Gasteiger partial charge in [-0.2, -0.15) is 11.8 Å². The first kappa shape index (κ1) is 11.8. The molecule has 2 rings (SSSR count). The van der Waals surface area contributed by atoms with Gasteiger partial charge >= 0.3 is 0 Å². The highest BCUT2D eigenvalue weighted by molar-refractivity contribution is 7.99. The molecule has 0 bridgehead atoms. The van der Waals surface area contributed by atoms with Gasteiger partial charge in [-0.1, -0.05) is 12.1 Å². The molecule has 3 heteroatoms. The van der Waals surface area contributed by atoms with Gasteiger partial charge in [0.2, 0.25) is 0 Å². The highest BCUT2D eigenvalue weighted by Gasteiger charge is 2.18. The third-order valence-corrected chi connectivity index (χ3v) is 4.41. The molecule has 1 aliphatic heterocycles. The number of nitrogen functional groups attached to an aromatic ring is 1. The van der Waals surface area contributed by atoms with Gasteiger partial charge in [0.15, 0.2) is 0 Å². The van der Waals surface area contributed by atoms with Gasteiger partial charge in [-0.05, 0) is 31.0 Å². The molecular weight excluding hydrogens is 216 g/mol. The van der Waals surface area contributed by atoms with Crippen molar-refractivity contribution in [1.29, 1.82) is 0 Å². The Balaban J connectivity index is 2.05. The number of nitrogens with zero attached hydrogens (tertiary/aromatic N) is 1. The molecule has 1 unspecified atom stereocenters. The summed E-state index contributed by atoms with van der Waals surface area (Å²) in [6, 6.07) is 7.07. The maximum absolute atomic E-state index is 5.83. The molecule has 0 amide bonds. The lowest BCUT2D eigenvalue weighted by Crippen LogP contribution is -2.39. The number of anilines is 1. The SMILES string of the molecule is Cc1cc(CN2CCSCC2C)ccc1N. The van der Waals surface area contributed by atoms with Crippen molar-refractivity contribution in [2.24, 2.45) is 0 Å². The average Bonchev–Trinajstić information content (AvgIpc) is 2.27. The van der Waals surface area contributed by atoms with E-state index < -0.39 is 0 Å². The molecule has 1 heterocycles. The van der Waals surface area contributed by atoms with Crippen LogP contribution in [-0.2, 0) is 6.54 Å². The summed E-state index contributed by atoms with van der Waals surface area (Å²) < 4.78 is 0. The lowest BCUT2D eigenvalue weighted by molar-refractivity contribution is 0.224. The molecule has 0 radical (unpaired) electrons. The predicted octanol–water partition coefficient (Wildman–Crippen LogP) is 2.51. The van der Waals surface area contributed by atoms with E-state index in [-0.39, 0.29) is 0 Å². The van der Waals surface area contributed by atoms with E-state index in [1.807, 2.05) is 6.07 Å². The maximum atomic E-state index is 5.83. The fraction of sp³-hybridized carbons (Fsp3) is 0.538. The van der Waals surface area contributed by atoms with Crippen LogP contribution in [0.1, 0.15) is 18.1 Å². The second-order valence-corrected chi connectivity index (χ2v) is 5.74. The first-order chi connectivity index (χ1) is 7.66. The minimum absolute atomic E-state index is 0.691. The first-order valence-electron chi connectivity index (χ1n) is 5.83. The number of nitrogens with two attached hydrogens (primary N) is 1. The van der Waals surface area contributed by atoms with E-state index in [0.717, 1.165) is 12.2 Å².